The van der Waals surface area contributed by atoms with E-state index in [1.807, 2.05) is 0 Å². The molecule has 1 saturated carbocycles. The minimum absolute atomic E-state index is 0.375. The molecule has 78 valence electrons. The zero-order chi connectivity index (χ0) is 9.90. The average molecular weight is 185 g/mol. The highest BCUT2D eigenvalue weighted by molar-refractivity contribution is 4.89. The number of nitrogens with zero attached hydrogens (tertiary/aromatic N) is 1. The number of ether oxygens (including phenoxy) is 1. The Kier molecular flexibility index (Phi) is 3.74. The summed E-state index contributed by atoms with van der Waals surface area (Å²) in [5.74, 6) is 0. The normalized spacial score (nSPS) is 20.8. The van der Waals surface area contributed by atoms with Crippen LogP contribution in [-0.4, -0.2) is 38.3 Å². The summed E-state index contributed by atoms with van der Waals surface area (Å²) in [7, 11) is 4.30. The van der Waals surface area contributed by atoms with Gasteiger partial charge >= 0.3 is 0 Å². The molecule has 0 amide bonds. The van der Waals surface area contributed by atoms with Crippen molar-refractivity contribution in [1.29, 1.82) is 0 Å². The van der Waals surface area contributed by atoms with E-state index < -0.39 is 0 Å². The summed E-state index contributed by atoms with van der Waals surface area (Å²) < 4.78 is 5.72. The topological polar surface area (TPSA) is 12.5 Å². The van der Waals surface area contributed by atoms with Crippen LogP contribution in [0.1, 0.15) is 33.1 Å². The maximum Gasteiger partial charge on any atom is 0.0538 e. The van der Waals surface area contributed by atoms with Gasteiger partial charge in [0, 0.05) is 12.0 Å². The molecule has 0 radical (unpaired) electrons. The largest absolute Gasteiger partial charge is 0.378 e. The molecule has 2 heteroatoms. The lowest BCUT2D eigenvalue weighted by molar-refractivity contribution is -0.0441. The minimum Gasteiger partial charge on any atom is -0.378 e. The van der Waals surface area contributed by atoms with Gasteiger partial charge in [-0.1, -0.05) is 6.42 Å². The van der Waals surface area contributed by atoms with Gasteiger partial charge in [-0.3, -0.25) is 0 Å². The molecule has 0 unspecified atom stereocenters. The lowest BCUT2D eigenvalue weighted by Crippen LogP contribution is -2.43. The molecule has 0 bridgehead atoms. The average Bonchev–Trinajstić information content (AvgIpc) is 1.93. The van der Waals surface area contributed by atoms with Crippen molar-refractivity contribution in [3.8, 4) is 0 Å². The predicted octanol–water partition coefficient (Wildman–Crippen LogP) is 2.14. The van der Waals surface area contributed by atoms with E-state index in [2.05, 4.69) is 32.8 Å². The van der Waals surface area contributed by atoms with E-state index in [-0.39, 0.29) is 0 Å². The Bertz CT molecular complexity index is 150. The van der Waals surface area contributed by atoms with Crippen molar-refractivity contribution in [2.75, 3.05) is 27.2 Å². The third-order valence-electron chi connectivity index (χ3n) is 2.79. The van der Waals surface area contributed by atoms with Crippen molar-refractivity contribution in [1.82, 2.24) is 4.90 Å². The molecular weight excluding hydrogens is 162 g/mol. The van der Waals surface area contributed by atoms with Gasteiger partial charge in [-0.2, -0.15) is 0 Å². The van der Waals surface area contributed by atoms with E-state index >= 15 is 0 Å². The van der Waals surface area contributed by atoms with Crippen LogP contribution < -0.4 is 0 Å². The monoisotopic (exact) mass is 185 g/mol. The van der Waals surface area contributed by atoms with Gasteiger partial charge in [-0.15, -0.1) is 0 Å². The Morgan fingerprint density at radius 3 is 2.23 bits per heavy atom. The van der Waals surface area contributed by atoms with E-state index in [4.69, 9.17) is 4.74 Å². The van der Waals surface area contributed by atoms with Crippen molar-refractivity contribution in [2.24, 2.45) is 5.41 Å². The van der Waals surface area contributed by atoms with Crippen molar-refractivity contribution >= 4 is 0 Å². The summed E-state index contributed by atoms with van der Waals surface area (Å²) in [6, 6.07) is 0. The van der Waals surface area contributed by atoms with E-state index in [1.54, 1.807) is 0 Å². The molecule has 0 N–H and O–H groups in total. The van der Waals surface area contributed by atoms with Gasteiger partial charge in [0.2, 0.25) is 0 Å². The maximum atomic E-state index is 5.72. The zero-order valence-corrected chi connectivity index (χ0v) is 9.47. The van der Waals surface area contributed by atoms with Crippen LogP contribution >= 0.6 is 0 Å². The summed E-state index contributed by atoms with van der Waals surface area (Å²) in [6.07, 6.45) is 4.45. The van der Waals surface area contributed by atoms with Crippen LogP contribution in [0.25, 0.3) is 0 Å². The van der Waals surface area contributed by atoms with E-state index in [0.717, 1.165) is 6.61 Å². The van der Waals surface area contributed by atoms with Gasteiger partial charge < -0.3 is 9.64 Å². The van der Waals surface area contributed by atoms with Gasteiger partial charge in [-0.05, 0) is 40.8 Å². The number of hydrogen-bond donors (Lipinski definition) is 0. The molecule has 0 spiro atoms. The zero-order valence-electron chi connectivity index (χ0n) is 9.47. The van der Waals surface area contributed by atoms with Gasteiger partial charge in [0.05, 0.1) is 12.7 Å². The molecule has 0 saturated heterocycles. The van der Waals surface area contributed by atoms with Gasteiger partial charge in [0.15, 0.2) is 0 Å². The molecule has 0 aliphatic heterocycles. The summed E-state index contributed by atoms with van der Waals surface area (Å²) in [5.41, 5.74) is 0.480. The van der Waals surface area contributed by atoms with Crippen LogP contribution in [0.4, 0.5) is 0 Å². The fourth-order valence-corrected chi connectivity index (χ4v) is 2.04. The highest BCUT2D eigenvalue weighted by atomic mass is 16.5. The highest BCUT2D eigenvalue weighted by Crippen LogP contribution is 2.41. The molecule has 0 atom stereocenters. The van der Waals surface area contributed by atoms with Crippen LogP contribution in [0.3, 0.4) is 0 Å². The van der Waals surface area contributed by atoms with Gasteiger partial charge in [0.25, 0.3) is 0 Å². The summed E-state index contributed by atoms with van der Waals surface area (Å²) in [4.78, 5) is 2.28. The van der Waals surface area contributed by atoms with Crippen molar-refractivity contribution in [3.05, 3.63) is 0 Å². The standard InChI is InChI=1S/C11H23NO/c1-10(2)13-9-11(6-5-7-11)8-12(3)4/h10H,5-9H2,1-4H3. The van der Waals surface area contributed by atoms with Crippen LogP contribution in [0.15, 0.2) is 0 Å². The second kappa shape index (κ2) is 4.43. The number of rotatable bonds is 5. The summed E-state index contributed by atoms with van der Waals surface area (Å²) >= 11 is 0. The third-order valence-corrected chi connectivity index (χ3v) is 2.79. The Labute approximate surface area is 82.3 Å². The first-order valence-corrected chi connectivity index (χ1v) is 5.30. The lowest BCUT2D eigenvalue weighted by atomic mass is 9.69. The summed E-state index contributed by atoms with van der Waals surface area (Å²) in [6.45, 7) is 6.35. The van der Waals surface area contributed by atoms with Crippen LogP contribution in [0.5, 0.6) is 0 Å². The lowest BCUT2D eigenvalue weighted by Gasteiger charge is -2.43. The molecule has 0 heterocycles. The predicted molar refractivity (Wildman–Crippen MR) is 55.9 cm³/mol. The summed E-state index contributed by atoms with van der Waals surface area (Å²) in [5, 5.41) is 0. The Morgan fingerprint density at radius 2 is 1.92 bits per heavy atom. The molecule has 1 fully saturated rings. The minimum atomic E-state index is 0.375. The fraction of sp³-hybridized carbons (Fsp3) is 1.00. The van der Waals surface area contributed by atoms with Crippen LogP contribution in [0, 0.1) is 5.41 Å². The molecular formula is C11H23NO. The van der Waals surface area contributed by atoms with Gasteiger partial charge in [0.1, 0.15) is 0 Å². The van der Waals surface area contributed by atoms with E-state index in [1.165, 1.54) is 25.8 Å². The van der Waals surface area contributed by atoms with Gasteiger partial charge in [-0.25, -0.2) is 0 Å². The first-order valence-electron chi connectivity index (χ1n) is 5.30. The molecule has 1 aliphatic rings. The molecule has 1 rings (SSSR count). The molecule has 0 aromatic heterocycles. The Balaban J connectivity index is 2.31. The van der Waals surface area contributed by atoms with Crippen molar-refractivity contribution < 1.29 is 4.74 Å². The Hall–Kier alpha value is -0.0800. The molecule has 0 aromatic carbocycles. The second-order valence-electron chi connectivity index (χ2n) is 4.95. The molecule has 13 heavy (non-hydrogen) atoms. The molecule has 0 aromatic rings. The molecule has 2 nitrogen and oxygen atoms in total. The third kappa shape index (κ3) is 3.28. The van der Waals surface area contributed by atoms with Crippen molar-refractivity contribution in [3.63, 3.8) is 0 Å². The number of hydrogen-bond acceptors (Lipinski definition) is 2. The quantitative estimate of drug-likeness (QED) is 0.650. The van der Waals surface area contributed by atoms with Crippen LogP contribution in [0.2, 0.25) is 0 Å². The van der Waals surface area contributed by atoms with E-state index in [0.29, 0.717) is 11.5 Å². The van der Waals surface area contributed by atoms with Crippen LogP contribution in [-0.2, 0) is 4.74 Å². The Morgan fingerprint density at radius 1 is 1.31 bits per heavy atom. The highest BCUT2D eigenvalue weighted by Gasteiger charge is 2.37. The smallest absolute Gasteiger partial charge is 0.0538 e. The SMILES string of the molecule is CC(C)OCC1(CN(C)C)CCC1. The first kappa shape index (κ1) is 11.0. The second-order valence-corrected chi connectivity index (χ2v) is 4.95. The van der Waals surface area contributed by atoms with E-state index in [9.17, 15) is 0 Å². The maximum absolute atomic E-state index is 5.72. The molecule has 1 aliphatic carbocycles. The fourth-order valence-electron chi connectivity index (χ4n) is 2.04. The first-order chi connectivity index (χ1) is 6.04. The van der Waals surface area contributed by atoms with Crippen molar-refractivity contribution in [2.45, 2.75) is 39.2 Å².